The SMILES string of the molecule is CCC1(CC)N=COc2ccccc21. The van der Waals surface area contributed by atoms with Crippen molar-refractivity contribution in [2.45, 2.75) is 32.2 Å². The molecule has 0 bridgehead atoms. The van der Waals surface area contributed by atoms with E-state index in [9.17, 15) is 0 Å². The molecule has 0 atom stereocenters. The Kier molecular flexibility index (Phi) is 2.28. The van der Waals surface area contributed by atoms with Gasteiger partial charge in [0.1, 0.15) is 5.75 Å². The summed E-state index contributed by atoms with van der Waals surface area (Å²) >= 11 is 0. The van der Waals surface area contributed by atoms with E-state index in [4.69, 9.17) is 4.74 Å². The van der Waals surface area contributed by atoms with E-state index in [1.165, 1.54) is 5.56 Å². The molecule has 1 aliphatic heterocycles. The van der Waals surface area contributed by atoms with Crippen LogP contribution in [-0.4, -0.2) is 6.40 Å². The molecule has 0 aliphatic carbocycles. The molecule has 74 valence electrons. The molecule has 0 radical (unpaired) electrons. The third-order valence-corrected chi connectivity index (χ3v) is 3.04. The van der Waals surface area contributed by atoms with Crippen molar-refractivity contribution in [2.24, 2.45) is 4.99 Å². The minimum Gasteiger partial charge on any atom is -0.446 e. The average Bonchev–Trinajstić information content (AvgIpc) is 2.28. The Hall–Kier alpha value is -1.31. The number of ether oxygens (including phenoxy) is 1. The van der Waals surface area contributed by atoms with E-state index in [2.05, 4.69) is 24.9 Å². The zero-order valence-electron chi connectivity index (χ0n) is 8.66. The molecule has 0 unspecified atom stereocenters. The van der Waals surface area contributed by atoms with Crippen LogP contribution >= 0.6 is 0 Å². The first-order chi connectivity index (χ1) is 6.82. The second kappa shape index (κ2) is 3.45. The second-order valence-corrected chi connectivity index (χ2v) is 3.59. The Balaban J connectivity index is 2.54. The lowest BCUT2D eigenvalue weighted by molar-refractivity contribution is 0.372. The molecule has 1 aliphatic rings. The molecule has 0 aromatic heterocycles. The lowest BCUT2D eigenvalue weighted by Gasteiger charge is -2.31. The first kappa shape index (κ1) is 9.25. The number of hydrogen-bond donors (Lipinski definition) is 0. The van der Waals surface area contributed by atoms with Gasteiger partial charge in [-0.25, -0.2) is 4.99 Å². The molecule has 0 saturated heterocycles. The van der Waals surface area contributed by atoms with E-state index in [1.807, 2.05) is 18.2 Å². The highest BCUT2D eigenvalue weighted by atomic mass is 16.5. The lowest BCUT2D eigenvalue weighted by Crippen LogP contribution is -2.26. The summed E-state index contributed by atoms with van der Waals surface area (Å²) in [5.41, 5.74) is 1.15. The predicted octanol–water partition coefficient (Wildman–Crippen LogP) is 3.12. The van der Waals surface area contributed by atoms with E-state index in [1.54, 1.807) is 6.40 Å². The van der Waals surface area contributed by atoms with Crippen molar-refractivity contribution < 1.29 is 4.74 Å². The number of fused-ring (bicyclic) bond motifs is 1. The molecule has 0 N–H and O–H groups in total. The van der Waals surface area contributed by atoms with Crippen LogP contribution in [0.3, 0.4) is 0 Å². The zero-order chi connectivity index (χ0) is 10.0. The van der Waals surface area contributed by atoms with Crippen molar-refractivity contribution in [3.8, 4) is 5.75 Å². The van der Waals surface area contributed by atoms with Gasteiger partial charge in [0.25, 0.3) is 0 Å². The van der Waals surface area contributed by atoms with E-state index < -0.39 is 0 Å². The fourth-order valence-electron chi connectivity index (χ4n) is 2.02. The summed E-state index contributed by atoms with van der Waals surface area (Å²) in [4.78, 5) is 4.49. The second-order valence-electron chi connectivity index (χ2n) is 3.59. The highest BCUT2D eigenvalue weighted by Crippen LogP contribution is 2.40. The van der Waals surface area contributed by atoms with Crippen LogP contribution in [0.1, 0.15) is 32.3 Å². The maximum atomic E-state index is 5.39. The minimum absolute atomic E-state index is 0.0607. The van der Waals surface area contributed by atoms with Gasteiger partial charge in [-0.2, -0.15) is 0 Å². The minimum atomic E-state index is -0.0607. The third kappa shape index (κ3) is 1.22. The van der Waals surface area contributed by atoms with Gasteiger partial charge in [-0.3, -0.25) is 0 Å². The van der Waals surface area contributed by atoms with Gasteiger partial charge < -0.3 is 4.74 Å². The molecule has 1 heterocycles. The van der Waals surface area contributed by atoms with E-state index in [0.29, 0.717) is 0 Å². The van der Waals surface area contributed by atoms with Crippen molar-refractivity contribution >= 4 is 6.40 Å². The Morgan fingerprint density at radius 2 is 1.93 bits per heavy atom. The normalized spacial score (nSPS) is 17.3. The van der Waals surface area contributed by atoms with Gasteiger partial charge in [0.15, 0.2) is 6.40 Å². The van der Waals surface area contributed by atoms with Crippen molar-refractivity contribution in [1.82, 2.24) is 0 Å². The highest BCUT2D eigenvalue weighted by molar-refractivity contribution is 5.59. The van der Waals surface area contributed by atoms with E-state index in [0.717, 1.165) is 18.6 Å². The molecule has 1 aromatic carbocycles. The van der Waals surface area contributed by atoms with Crippen LogP contribution in [0, 0.1) is 0 Å². The molecular formula is C12H15NO. The number of aliphatic imine (C=N–C) groups is 1. The standard InChI is InChI=1S/C12H15NO/c1-3-12(4-2)10-7-5-6-8-11(10)14-9-13-12/h5-9H,3-4H2,1-2H3. The molecule has 0 fully saturated rings. The molecular weight excluding hydrogens is 174 g/mol. The third-order valence-electron chi connectivity index (χ3n) is 3.04. The maximum absolute atomic E-state index is 5.39. The summed E-state index contributed by atoms with van der Waals surface area (Å²) in [6.07, 6.45) is 3.61. The largest absolute Gasteiger partial charge is 0.446 e. The van der Waals surface area contributed by atoms with Gasteiger partial charge in [0, 0.05) is 5.56 Å². The summed E-state index contributed by atoms with van der Waals surface area (Å²) in [5.74, 6) is 0.950. The number of hydrogen-bond acceptors (Lipinski definition) is 2. The van der Waals surface area contributed by atoms with Gasteiger partial charge in [-0.1, -0.05) is 32.0 Å². The van der Waals surface area contributed by atoms with Crippen LogP contribution in [0.15, 0.2) is 29.3 Å². The smallest absolute Gasteiger partial charge is 0.177 e. The van der Waals surface area contributed by atoms with Gasteiger partial charge in [-0.15, -0.1) is 0 Å². The molecule has 14 heavy (non-hydrogen) atoms. The molecule has 2 heteroatoms. The molecule has 0 spiro atoms. The van der Waals surface area contributed by atoms with Gasteiger partial charge >= 0.3 is 0 Å². The van der Waals surface area contributed by atoms with Crippen LogP contribution < -0.4 is 4.74 Å². The quantitative estimate of drug-likeness (QED) is 0.700. The summed E-state index contributed by atoms with van der Waals surface area (Å²) in [6, 6.07) is 8.15. The van der Waals surface area contributed by atoms with Crippen molar-refractivity contribution in [1.29, 1.82) is 0 Å². The maximum Gasteiger partial charge on any atom is 0.177 e. The topological polar surface area (TPSA) is 21.6 Å². The summed E-state index contributed by atoms with van der Waals surface area (Å²) in [6.45, 7) is 4.34. The van der Waals surface area contributed by atoms with Crippen molar-refractivity contribution in [3.05, 3.63) is 29.8 Å². The highest BCUT2D eigenvalue weighted by Gasteiger charge is 2.32. The Morgan fingerprint density at radius 3 is 2.64 bits per heavy atom. The number of para-hydroxylation sites is 1. The van der Waals surface area contributed by atoms with E-state index >= 15 is 0 Å². The number of rotatable bonds is 2. The van der Waals surface area contributed by atoms with Crippen LogP contribution in [0.5, 0.6) is 5.75 Å². The average molecular weight is 189 g/mol. The van der Waals surface area contributed by atoms with Crippen molar-refractivity contribution in [3.63, 3.8) is 0 Å². The van der Waals surface area contributed by atoms with Crippen LogP contribution in [0.4, 0.5) is 0 Å². The predicted molar refractivity (Wildman–Crippen MR) is 57.8 cm³/mol. The Labute approximate surface area is 84.6 Å². The van der Waals surface area contributed by atoms with Crippen LogP contribution in [0.2, 0.25) is 0 Å². The summed E-state index contributed by atoms with van der Waals surface area (Å²) in [7, 11) is 0. The molecule has 0 saturated carbocycles. The molecule has 2 nitrogen and oxygen atoms in total. The molecule has 2 rings (SSSR count). The Morgan fingerprint density at radius 1 is 1.21 bits per heavy atom. The van der Waals surface area contributed by atoms with Gasteiger partial charge in [-0.05, 0) is 18.9 Å². The van der Waals surface area contributed by atoms with Gasteiger partial charge in [0.05, 0.1) is 5.54 Å². The van der Waals surface area contributed by atoms with Crippen LogP contribution in [-0.2, 0) is 5.54 Å². The fraction of sp³-hybridized carbons (Fsp3) is 0.417. The number of benzene rings is 1. The summed E-state index contributed by atoms with van der Waals surface area (Å²) in [5, 5.41) is 0. The fourth-order valence-corrected chi connectivity index (χ4v) is 2.02. The number of nitrogens with zero attached hydrogens (tertiary/aromatic N) is 1. The van der Waals surface area contributed by atoms with Crippen LogP contribution in [0.25, 0.3) is 0 Å². The molecule has 1 aromatic rings. The van der Waals surface area contributed by atoms with Crippen molar-refractivity contribution in [2.75, 3.05) is 0 Å². The van der Waals surface area contributed by atoms with Gasteiger partial charge in [0.2, 0.25) is 0 Å². The lowest BCUT2D eigenvalue weighted by atomic mass is 9.84. The first-order valence-corrected chi connectivity index (χ1v) is 5.12. The Bertz CT molecular complexity index is 353. The monoisotopic (exact) mass is 189 g/mol. The first-order valence-electron chi connectivity index (χ1n) is 5.12. The summed E-state index contributed by atoms with van der Waals surface area (Å²) < 4.78 is 5.39. The molecule has 0 amide bonds. The van der Waals surface area contributed by atoms with E-state index in [-0.39, 0.29) is 5.54 Å². The zero-order valence-corrected chi connectivity index (χ0v) is 8.66.